The number of anilines is 1. The lowest BCUT2D eigenvalue weighted by atomic mass is 10.1. The fourth-order valence-electron chi connectivity index (χ4n) is 2.00. The molecule has 0 saturated heterocycles. The van der Waals surface area contributed by atoms with Crippen LogP contribution in [-0.2, 0) is 11.8 Å². The highest BCUT2D eigenvalue weighted by atomic mass is 16.1. The molecule has 0 aliphatic heterocycles. The van der Waals surface area contributed by atoms with E-state index in [2.05, 4.69) is 11.4 Å². The van der Waals surface area contributed by atoms with Crippen molar-refractivity contribution in [3.63, 3.8) is 0 Å². The zero-order valence-corrected chi connectivity index (χ0v) is 12.3. The topological polar surface area (TPSA) is 81.6 Å². The van der Waals surface area contributed by atoms with Crippen LogP contribution in [0.3, 0.4) is 0 Å². The number of nitrogens with one attached hydrogen (secondary N) is 1. The monoisotopic (exact) mass is 290 g/mol. The number of rotatable bonds is 3. The Hall–Kier alpha value is -3.31. The molecule has 0 radical (unpaired) electrons. The largest absolute Gasteiger partial charge is 0.339 e. The van der Waals surface area contributed by atoms with Gasteiger partial charge in [-0.2, -0.15) is 10.5 Å². The van der Waals surface area contributed by atoms with E-state index in [0.717, 1.165) is 5.69 Å². The normalized spacial score (nSPS) is 10.6. The first-order chi connectivity index (χ1) is 10.6. The van der Waals surface area contributed by atoms with Crippen molar-refractivity contribution in [2.75, 3.05) is 5.32 Å². The van der Waals surface area contributed by atoms with Crippen molar-refractivity contribution in [3.8, 4) is 12.1 Å². The van der Waals surface area contributed by atoms with Crippen molar-refractivity contribution in [3.05, 3.63) is 58.9 Å². The van der Waals surface area contributed by atoms with Gasteiger partial charge in [-0.05, 0) is 36.8 Å². The van der Waals surface area contributed by atoms with E-state index in [9.17, 15) is 10.1 Å². The lowest BCUT2D eigenvalue weighted by Crippen LogP contribution is -2.13. The molecule has 0 aliphatic carbocycles. The Morgan fingerprint density at radius 1 is 1.27 bits per heavy atom. The zero-order chi connectivity index (χ0) is 16.1. The molecule has 1 aromatic carbocycles. The van der Waals surface area contributed by atoms with Gasteiger partial charge in [0.2, 0.25) is 0 Å². The average molecular weight is 290 g/mol. The Morgan fingerprint density at radius 2 is 1.95 bits per heavy atom. The molecule has 2 rings (SSSR count). The molecule has 1 N–H and O–H groups in total. The van der Waals surface area contributed by atoms with Gasteiger partial charge in [0, 0.05) is 18.4 Å². The highest BCUT2D eigenvalue weighted by molar-refractivity contribution is 6.09. The van der Waals surface area contributed by atoms with E-state index < -0.39 is 5.91 Å². The smallest absolute Gasteiger partial charge is 0.266 e. The van der Waals surface area contributed by atoms with Crippen LogP contribution in [0, 0.1) is 29.6 Å². The van der Waals surface area contributed by atoms with Gasteiger partial charge in [-0.1, -0.05) is 18.2 Å². The van der Waals surface area contributed by atoms with Gasteiger partial charge in [0.25, 0.3) is 5.91 Å². The van der Waals surface area contributed by atoms with E-state index in [1.54, 1.807) is 41.9 Å². The number of para-hydroxylation sites is 1. The minimum Gasteiger partial charge on any atom is -0.339 e. The summed E-state index contributed by atoms with van der Waals surface area (Å²) in [5, 5.41) is 20.9. The quantitative estimate of drug-likeness (QED) is 0.697. The molecular weight excluding hydrogens is 276 g/mol. The van der Waals surface area contributed by atoms with Crippen molar-refractivity contribution in [1.82, 2.24) is 4.57 Å². The number of nitrogens with zero attached hydrogens (tertiary/aromatic N) is 3. The van der Waals surface area contributed by atoms with Gasteiger partial charge in [0.1, 0.15) is 23.4 Å². The van der Waals surface area contributed by atoms with Crippen LogP contribution in [-0.4, -0.2) is 10.5 Å². The number of amides is 1. The predicted octanol–water partition coefficient (Wildman–Crippen LogP) is 2.75. The molecule has 5 nitrogen and oxygen atoms in total. The molecule has 1 aromatic heterocycles. The number of hydrogen-bond donors (Lipinski definition) is 1. The van der Waals surface area contributed by atoms with Crippen LogP contribution in [0.2, 0.25) is 0 Å². The highest BCUT2D eigenvalue weighted by Crippen LogP contribution is 2.17. The zero-order valence-electron chi connectivity index (χ0n) is 12.3. The van der Waals surface area contributed by atoms with Crippen LogP contribution < -0.4 is 5.32 Å². The van der Waals surface area contributed by atoms with Gasteiger partial charge < -0.3 is 9.88 Å². The third kappa shape index (κ3) is 3.05. The number of benzene rings is 1. The lowest BCUT2D eigenvalue weighted by molar-refractivity contribution is -0.112. The minimum atomic E-state index is -0.476. The van der Waals surface area contributed by atoms with Gasteiger partial charge in [-0.15, -0.1) is 0 Å². The molecule has 1 heterocycles. The van der Waals surface area contributed by atoms with Crippen molar-refractivity contribution < 1.29 is 4.79 Å². The van der Waals surface area contributed by atoms with Crippen LogP contribution in [0.25, 0.3) is 6.08 Å². The molecule has 0 saturated carbocycles. The molecule has 2 aromatic rings. The van der Waals surface area contributed by atoms with E-state index in [-0.39, 0.29) is 5.57 Å². The predicted molar refractivity (Wildman–Crippen MR) is 83.5 cm³/mol. The van der Waals surface area contributed by atoms with Crippen molar-refractivity contribution in [2.24, 2.45) is 7.05 Å². The summed E-state index contributed by atoms with van der Waals surface area (Å²) >= 11 is 0. The van der Waals surface area contributed by atoms with E-state index in [0.29, 0.717) is 16.9 Å². The maximum Gasteiger partial charge on any atom is 0.266 e. The maximum atomic E-state index is 12.1. The van der Waals surface area contributed by atoms with Gasteiger partial charge >= 0.3 is 0 Å². The van der Waals surface area contributed by atoms with Gasteiger partial charge in [0.05, 0.1) is 0 Å². The van der Waals surface area contributed by atoms with Crippen molar-refractivity contribution >= 4 is 17.7 Å². The van der Waals surface area contributed by atoms with E-state index in [1.807, 2.05) is 19.1 Å². The molecule has 22 heavy (non-hydrogen) atoms. The van der Waals surface area contributed by atoms with Crippen LogP contribution in [0.15, 0.2) is 42.0 Å². The first kappa shape index (κ1) is 15.1. The Balaban J connectivity index is 2.31. The standard InChI is InChI=1S/C17H14N4O/c1-12-13(9-16(11-19)21(12)2)8-14(10-18)17(22)20-15-6-4-3-5-7-15/h3-9H,1-2H3,(H,20,22). The van der Waals surface area contributed by atoms with Crippen LogP contribution >= 0.6 is 0 Å². The Bertz CT molecular complexity index is 817. The average Bonchev–Trinajstić information content (AvgIpc) is 2.81. The summed E-state index contributed by atoms with van der Waals surface area (Å²) in [4.78, 5) is 12.1. The Labute approximate surface area is 128 Å². The summed E-state index contributed by atoms with van der Waals surface area (Å²) in [7, 11) is 1.77. The summed E-state index contributed by atoms with van der Waals surface area (Å²) in [5.41, 5.74) is 2.58. The molecule has 0 atom stereocenters. The number of carbonyl (C=O) groups is 1. The molecular formula is C17H14N4O. The first-order valence-electron chi connectivity index (χ1n) is 6.61. The first-order valence-corrected chi connectivity index (χ1v) is 6.61. The number of carbonyl (C=O) groups excluding carboxylic acids is 1. The number of hydrogen-bond acceptors (Lipinski definition) is 3. The molecule has 5 heteroatoms. The molecule has 0 bridgehead atoms. The fourth-order valence-corrected chi connectivity index (χ4v) is 2.00. The summed E-state index contributed by atoms with van der Waals surface area (Å²) in [6.45, 7) is 1.83. The molecule has 108 valence electrons. The Morgan fingerprint density at radius 3 is 2.50 bits per heavy atom. The van der Waals surface area contributed by atoms with Crippen LogP contribution in [0.1, 0.15) is 17.0 Å². The summed E-state index contributed by atoms with van der Waals surface area (Å²) in [5.74, 6) is -0.476. The molecule has 0 aliphatic rings. The third-order valence-corrected chi connectivity index (χ3v) is 3.39. The van der Waals surface area contributed by atoms with E-state index >= 15 is 0 Å². The second-order valence-electron chi connectivity index (χ2n) is 4.73. The van der Waals surface area contributed by atoms with Crippen molar-refractivity contribution in [2.45, 2.75) is 6.92 Å². The second-order valence-corrected chi connectivity index (χ2v) is 4.73. The fraction of sp³-hybridized carbons (Fsp3) is 0.118. The summed E-state index contributed by atoms with van der Waals surface area (Å²) < 4.78 is 1.72. The summed E-state index contributed by atoms with van der Waals surface area (Å²) in [6, 6.07) is 14.5. The van der Waals surface area contributed by atoms with Gasteiger partial charge in [-0.3, -0.25) is 4.79 Å². The van der Waals surface area contributed by atoms with Gasteiger partial charge in [-0.25, -0.2) is 0 Å². The third-order valence-electron chi connectivity index (χ3n) is 3.39. The highest BCUT2D eigenvalue weighted by Gasteiger charge is 2.12. The molecule has 0 fully saturated rings. The van der Waals surface area contributed by atoms with E-state index in [4.69, 9.17) is 5.26 Å². The van der Waals surface area contributed by atoms with Gasteiger partial charge in [0.15, 0.2) is 0 Å². The SMILES string of the molecule is Cc1c(C=C(C#N)C(=O)Nc2ccccc2)cc(C#N)n1C. The number of aromatic nitrogens is 1. The summed E-state index contributed by atoms with van der Waals surface area (Å²) in [6.07, 6.45) is 1.49. The minimum absolute atomic E-state index is 0.0120. The molecule has 0 unspecified atom stereocenters. The molecule has 0 spiro atoms. The Kier molecular flexibility index (Phi) is 4.41. The van der Waals surface area contributed by atoms with Crippen LogP contribution in [0.5, 0.6) is 0 Å². The second kappa shape index (κ2) is 6.43. The van der Waals surface area contributed by atoms with Crippen LogP contribution in [0.4, 0.5) is 5.69 Å². The number of nitriles is 2. The van der Waals surface area contributed by atoms with Crippen molar-refractivity contribution in [1.29, 1.82) is 10.5 Å². The van der Waals surface area contributed by atoms with E-state index in [1.165, 1.54) is 6.08 Å². The maximum absolute atomic E-state index is 12.1. The lowest BCUT2D eigenvalue weighted by Gasteiger charge is -2.04. The molecule has 1 amide bonds.